The Bertz CT molecular complexity index is 1100. The van der Waals surface area contributed by atoms with Crippen LogP contribution in [0.25, 0.3) is 11.1 Å². The van der Waals surface area contributed by atoms with Crippen molar-refractivity contribution in [2.45, 2.75) is 69.7 Å². The average Bonchev–Trinajstić information content (AvgIpc) is 3.21. The number of nitriles is 1. The Labute approximate surface area is 195 Å². The molecule has 172 valence electrons. The lowest BCUT2D eigenvalue weighted by Crippen LogP contribution is -2.60. The molecule has 6 rings (SSSR count). The van der Waals surface area contributed by atoms with Gasteiger partial charge in [0.25, 0.3) is 0 Å². The molecule has 4 aliphatic rings. The van der Waals surface area contributed by atoms with Gasteiger partial charge in [0.05, 0.1) is 12.1 Å². The van der Waals surface area contributed by atoms with Crippen molar-refractivity contribution >= 4 is 5.91 Å². The number of amides is 1. The molecule has 0 spiro atoms. The minimum absolute atomic E-state index is 0.136. The molecule has 33 heavy (non-hydrogen) atoms. The monoisotopic (exact) mass is 446 g/mol. The second-order valence-electron chi connectivity index (χ2n) is 10.1. The number of nitrogens with one attached hydrogen (secondary N) is 2. The Morgan fingerprint density at radius 3 is 2.48 bits per heavy atom. The van der Waals surface area contributed by atoms with Crippen LogP contribution in [0, 0.1) is 23.1 Å². The predicted molar refractivity (Wildman–Crippen MR) is 126 cm³/mol. The van der Waals surface area contributed by atoms with E-state index in [9.17, 15) is 10.1 Å². The van der Waals surface area contributed by atoms with Crippen molar-refractivity contribution in [1.29, 1.82) is 5.26 Å². The molecule has 3 fully saturated rings. The van der Waals surface area contributed by atoms with Crippen LogP contribution in [0.2, 0.25) is 0 Å². The summed E-state index contributed by atoms with van der Waals surface area (Å²) in [4.78, 5) is 15.2. The minimum Gasteiger partial charge on any atom is -0.338 e. The fourth-order valence-electron chi connectivity index (χ4n) is 5.81. The van der Waals surface area contributed by atoms with Gasteiger partial charge in [0.15, 0.2) is 0 Å². The van der Waals surface area contributed by atoms with E-state index in [0.717, 1.165) is 49.9 Å². The van der Waals surface area contributed by atoms with Crippen molar-refractivity contribution < 1.29 is 9.18 Å². The summed E-state index contributed by atoms with van der Waals surface area (Å²) in [5, 5.41) is 16.1. The van der Waals surface area contributed by atoms with E-state index in [1.165, 1.54) is 11.1 Å². The van der Waals surface area contributed by atoms with Crippen molar-refractivity contribution in [2.24, 2.45) is 5.92 Å². The van der Waals surface area contributed by atoms with Crippen molar-refractivity contribution in [2.75, 3.05) is 7.05 Å². The van der Waals surface area contributed by atoms with E-state index in [4.69, 9.17) is 0 Å². The number of benzene rings is 2. The molecule has 6 heteroatoms. The number of carbonyl (C=O) groups excluding carboxylic acids is 1. The predicted octanol–water partition coefficient (Wildman–Crippen LogP) is 4.08. The molecular weight excluding hydrogens is 415 g/mol. The molecule has 2 aromatic rings. The van der Waals surface area contributed by atoms with Gasteiger partial charge >= 0.3 is 0 Å². The first-order valence-corrected chi connectivity index (χ1v) is 12.0. The maximum absolute atomic E-state index is 15.2. The molecule has 0 aromatic heterocycles. The maximum atomic E-state index is 15.2. The van der Waals surface area contributed by atoms with Gasteiger partial charge in [0, 0.05) is 25.0 Å². The van der Waals surface area contributed by atoms with Crippen LogP contribution in [0.4, 0.5) is 4.39 Å². The minimum atomic E-state index is -0.782. The first-order valence-electron chi connectivity index (χ1n) is 12.0. The Balaban J connectivity index is 1.31. The molecule has 2 bridgehead atoms. The van der Waals surface area contributed by atoms with Crippen molar-refractivity contribution in [3.8, 4) is 17.2 Å². The summed E-state index contributed by atoms with van der Waals surface area (Å²) >= 11 is 0. The summed E-state index contributed by atoms with van der Waals surface area (Å²) in [6, 6.07) is 13.1. The lowest BCUT2D eigenvalue weighted by molar-refractivity contribution is -0.127. The number of rotatable bonds is 5. The highest BCUT2D eigenvalue weighted by molar-refractivity contribution is 5.83. The van der Waals surface area contributed by atoms with Crippen LogP contribution in [0.15, 0.2) is 36.4 Å². The molecule has 5 nitrogen and oxygen atoms in total. The molecule has 0 radical (unpaired) electrons. The fourth-order valence-corrected chi connectivity index (χ4v) is 5.81. The maximum Gasteiger partial charge on any atom is 0.238 e. The van der Waals surface area contributed by atoms with Gasteiger partial charge in [-0.15, -0.1) is 0 Å². The smallest absolute Gasteiger partial charge is 0.238 e. The largest absolute Gasteiger partial charge is 0.338 e. The highest BCUT2D eigenvalue weighted by Crippen LogP contribution is 2.34. The van der Waals surface area contributed by atoms with E-state index in [2.05, 4.69) is 40.8 Å². The summed E-state index contributed by atoms with van der Waals surface area (Å²) in [5.74, 6) is -0.611. The molecule has 2 N–H and O–H groups in total. The number of piperidine rings is 2. The van der Waals surface area contributed by atoms with E-state index in [1.807, 2.05) is 12.1 Å². The van der Waals surface area contributed by atoms with E-state index >= 15 is 4.39 Å². The van der Waals surface area contributed by atoms with Crippen LogP contribution in [0.3, 0.4) is 0 Å². The molecule has 1 saturated carbocycles. The molecule has 3 atom stereocenters. The second kappa shape index (κ2) is 8.89. The Morgan fingerprint density at radius 2 is 1.82 bits per heavy atom. The van der Waals surface area contributed by atoms with E-state index in [1.54, 1.807) is 19.1 Å². The molecular formula is C27H31FN4O. The van der Waals surface area contributed by atoms with Crippen LogP contribution in [0.1, 0.15) is 55.2 Å². The van der Waals surface area contributed by atoms with Gasteiger partial charge in [-0.1, -0.05) is 31.2 Å². The molecule has 0 unspecified atom stereocenters. The summed E-state index contributed by atoms with van der Waals surface area (Å²) < 4.78 is 15.2. The van der Waals surface area contributed by atoms with E-state index in [-0.39, 0.29) is 17.8 Å². The number of fused-ring (bicyclic) bond motifs is 4. The van der Waals surface area contributed by atoms with Crippen LogP contribution in [-0.4, -0.2) is 36.0 Å². The Morgan fingerprint density at radius 1 is 1.12 bits per heavy atom. The molecule has 2 aromatic carbocycles. The third-order valence-corrected chi connectivity index (χ3v) is 7.79. The Kier molecular flexibility index (Phi) is 5.94. The zero-order valence-corrected chi connectivity index (χ0v) is 19.3. The normalized spacial score (nSPS) is 25.8. The topological polar surface area (TPSA) is 68.2 Å². The Hall–Kier alpha value is -2.75. The van der Waals surface area contributed by atoms with Crippen LogP contribution >= 0.6 is 0 Å². The molecule has 2 saturated heterocycles. The highest BCUT2D eigenvalue weighted by Gasteiger charge is 2.40. The van der Waals surface area contributed by atoms with Crippen molar-refractivity contribution in [3.63, 3.8) is 0 Å². The third kappa shape index (κ3) is 4.28. The number of halogens is 1. The van der Waals surface area contributed by atoms with E-state index < -0.39 is 12.0 Å². The van der Waals surface area contributed by atoms with Crippen LogP contribution in [-0.2, 0) is 17.9 Å². The molecule has 3 heterocycles. The molecule has 3 aliphatic heterocycles. The standard InChI is InChI=1S/C27H31FN4O/c1-16(25(13-29)31-27(33)26-17-5-8-22(30-26)9-6-17)23-10-7-19(12-24(23)28)18-3-4-20-14-32(2)15-21(20)11-18/h3-4,7,10-12,16-17,22,25-26,30H,5-6,8-9,14-15H2,1-2H3,(H,31,33)/t16-,17?,22?,25-,26+/m1/s1. The van der Waals surface area contributed by atoms with Gasteiger partial charge in [0.1, 0.15) is 11.9 Å². The number of hydrogen-bond acceptors (Lipinski definition) is 4. The van der Waals surface area contributed by atoms with Gasteiger partial charge in [-0.25, -0.2) is 4.39 Å². The number of carbonyl (C=O) groups is 1. The van der Waals surface area contributed by atoms with Gasteiger partial charge in [-0.05, 0) is 78.6 Å². The summed E-state index contributed by atoms with van der Waals surface area (Å²) in [6.45, 7) is 3.65. The summed E-state index contributed by atoms with van der Waals surface area (Å²) in [5.41, 5.74) is 4.86. The lowest BCUT2D eigenvalue weighted by atomic mass is 9.76. The summed E-state index contributed by atoms with van der Waals surface area (Å²) in [7, 11) is 2.09. The fraction of sp³-hybridized carbons (Fsp3) is 0.481. The average molecular weight is 447 g/mol. The number of hydrogen-bond donors (Lipinski definition) is 2. The zero-order chi connectivity index (χ0) is 23.1. The summed E-state index contributed by atoms with van der Waals surface area (Å²) in [6.07, 6.45) is 4.34. The van der Waals surface area contributed by atoms with E-state index in [0.29, 0.717) is 17.5 Å². The van der Waals surface area contributed by atoms with Crippen LogP contribution < -0.4 is 10.6 Å². The van der Waals surface area contributed by atoms with Crippen molar-refractivity contribution in [3.05, 3.63) is 58.9 Å². The van der Waals surface area contributed by atoms with Gasteiger partial charge in [0.2, 0.25) is 5.91 Å². The van der Waals surface area contributed by atoms with Gasteiger partial charge in [-0.3, -0.25) is 9.69 Å². The molecule has 1 amide bonds. The van der Waals surface area contributed by atoms with Crippen LogP contribution in [0.5, 0.6) is 0 Å². The van der Waals surface area contributed by atoms with Gasteiger partial charge in [-0.2, -0.15) is 5.26 Å². The SMILES string of the molecule is C[C@H](c1ccc(-c2ccc3c(c2)CN(C)C3)cc1F)[C@@H](C#N)NC(=O)[C@H]1NC2CCC1CC2. The highest BCUT2D eigenvalue weighted by atomic mass is 19.1. The lowest BCUT2D eigenvalue weighted by Gasteiger charge is -2.43. The third-order valence-electron chi connectivity index (χ3n) is 7.79. The second-order valence-corrected chi connectivity index (χ2v) is 10.1. The zero-order valence-electron chi connectivity index (χ0n) is 19.3. The van der Waals surface area contributed by atoms with Crippen molar-refractivity contribution in [1.82, 2.24) is 15.5 Å². The first kappa shape index (κ1) is 22.1. The van der Waals surface area contributed by atoms with Gasteiger partial charge < -0.3 is 10.6 Å². The molecule has 1 aliphatic carbocycles. The quantitative estimate of drug-likeness (QED) is 0.726. The number of nitrogens with zero attached hydrogens (tertiary/aromatic N) is 2. The first-order chi connectivity index (χ1) is 15.9.